The Labute approximate surface area is 118 Å². The number of amides is 1. The molecule has 0 bridgehead atoms. The predicted octanol–water partition coefficient (Wildman–Crippen LogP) is 3.18. The third-order valence-corrected chi connectivity index (χ3v) is 4.01. The highest BCUT2D eigenvalue weighted by Gasteiger charge is 2.36. The molecule has 19 heavy (non-hydrogen) atoms. The van der Waals surface area contributed by atoms with Crippen LogP contribution in [0.2, 0.25) is 5.02 Å². The van der Waals surface area contributed by atoms with Gasteiger partial charge in [-0.25, -0.2) is 4.79 Å². The van der Waals surface area contributed by atoms with Gasteiger partial charge in [0.2, 0.25) is 0 Å². The summed E-state index contributed by atoms with van der Waals surface area (Å²) in [5.41, 5.74) is 2.22. The summed E-state index contributed by atoms with van der Waals surface area (Å²) in [5.74, 6) is 0.250. The Morgan fingerprint density at radius 2 is 2.16 bits per heavy atom. The minimum atomic E-state index is -0.347. The number of likely N-dealkylation sites (tertiary alicyclic amines) is 1. The van der Waals surface area contributed by atoms with Crippen molar-refractivity contribution in [2.24, 2.45) is 0 Å². The van der Waals surface area contributed by atoms with Gasteiger partial charge in [0.15, 0.2) is 0 Å². The molecular formula is C14H18ClNO3. The first kappa shape index (κ1) is 14.2. The van der Waals surface area contributed by atoms with E-state index in [1.54, 1.807) is 12.0 Å². The van der Waals surface area contributed by atoms with Crippen molar-refractivity contribution in [2.75, 3.05) is 20.8 Å². The lowest BCUT2D eigenvalue weighted by Gasteiger charge is -2.21. The first-order chi connectivity index (χ1) is 9.06. The minimum absolute atomic E-state index is 0.228. The smallest absolute Gasteiger partial charge is 0.411 e. The van der Waals surface area contributed by atoms with Crippen LogP contribution in [0.1, 0.15) is 23.5 Å². The number of ether oxygens (including phenoxy) is 2. The van der Waals surface area contributed by atoms with Crippen LogP contribution in [0.4, 0.5) is 4.79 Å². The van der Waals surface area contributed by atoms with E-state index in [1.807, 2.05) is 19.1 Å². The molecule has 1 saturated heterocycles. The fraction of sp³-hybridized carbons (Fsp3) is 0.500. The Hall–Kier alpha value is -1.26. The summed E-state index contributed by atoms with van der Waals surface area (Å²) in [6, 6.07) is 5.98. The molecular weight excluding hydrogens is 266 g/mol. The van der Waals surface area contributed by atoms with Crippen LogP contribution in [0.15, 0.2) is 18.2 Å². The maximum atomic E-state index is 11.7. The van der Waals surface area contributed by atoms with Gasteiger partial charge in [0.25, 0.3) is 0 Å². The first-order valence-electron chi connectivity index (χ1n) is 6.20. The lowest BCUT2D eigenvalue weighted by atomic mass is 9.96. The molecule has 0 aromatic heterocycles. The highest BCUT2D eigenvalue weighted by atomic mass is 35.5. The largest absolute Gasteiger partial charge is 0.453 e. The highest BCUT2D eigenvalue weighted by Crippen LogP contribution is 2.33. The summed E-state index contributed by atoms with van der Waals surface area (Å²) < 4.78 is 10.1. The van der Waals surface area contributed by atoms with Crippen molar-refractivity contribution in [3.8, 4) is 0 Å². The lowest BCUT2D eigenvalue weighted by Crippen LogP contribution is -2.36. The van der Waals surface area contributed by atoms with Crippen LogP contribution >= 0.6 is 11.6 Å². The average molecular weight is 284 g/mol. The molecule has 104 valence electrons. The number of nitrogens with zero attached hydrogens (tertiary/aromatic N) is 1. The molecule has 1 fully saturated rings. The van der Waals surface area contributed by atoms with Crippen molar-refractivity contribution < 1.29 is 14.3 Å². The van der Waals surface area contributed by atoms with Crippen LogP contribution in [0, 0.1) is 6.92 Å². The second-order valence-corrected chi connectivity index (χ2v) is 5.16. The topological polar surface area (TPSA) is 38.8 Å². The van der Waals surface area contributed by atoms with Crippen molar-refractivity contribution in [1.82, 2.24) is 4.90 Å². The molecule has 5 heteroatoms. The molecule has 1 aliphatic heterocycles. The number of carbonyl (C=O) groups is 1. The Morgan fingerprint density at radius 3 is 2.74 bits per heavy atom. The van der Waals surface area contributed by atoms with E-state index in [1.165, 1.54) is 12.7 Å². The van der Waals surface area contributed by atoms with Gasteiger partial charge < -0.3 is 9.47 Å². The number of halogens is 1. The Balaban J connectivity index is 2.18. The molecule has 1 amide bonds. The minimum Gasteiger partial charge on any atom is -0.453 e. The standard InChI is InChI=1S/C14H18ClNO3/c1-9-6-10(4-5-12(9)15)11-7-13(18-2)16(8-11)14(17)19-3/h4-6,11,13H,7-8H2,1-3H3. The van der Waals surface area contributed by atoms with E-state index in [2.05, 4.69) is 6.07 Å². The SMILES string of the molecule is COC(=O)N1CC(c2ccc(Cl)c(C)c2)CC1OC. The molecule has 1 aromatic carbocycles. The molecule has 0 spiro atoms. The van der Waals surface area contributed by atoms with E-state index in [9.17, 15) is 4.79 Å². The quantitative estimate of drug-likeness (QED) is 0.837. The molecule has 0 saturated carbocycles. The van der Waals surface area contributed by atoms with Crippen LogP contribution in [0.3, 0.4) is 0 Å². The van der Waals surface area contributed by atoms with E-state index in [0.717, 1.165) is 17.0 Å². The van der Waals surface area contributed by atoms with Gasteiger partial charge in [-0.1, -0.05) is 23.7 Å². The Morgan fingerprint density at radius 1 is 1.42 bits per heavy atom. The van der Waals surface area contributed by atoms with Crippen molar-refractivity contribution in [1.29, 1.82) is 0 Å². The zero-order chi connectivity index (χ0) is 14.0. The van der Waals surface area contributed by atoms with Crippen LogP contribution in [-0.4, -0.2) is 38.0 Å². The van der Waals surface area contributed by atoms with Gasteiger partial charge in [-0.3, -0.25) is 4.90 Å². The third-order valence-electron chi connectivity index (χ3n) is 3.59. The van der Waals surface area contributed by atoms with E-state index in [4.69, 9.17) is 21.1 Å². The number of hydrogen-bond acceptors (Lipinski definition) is 3. The van der Waals surface area contributed by atoms with Gasteiger partial charge in [0, 0.05) is 31.0 Å². The van der Waals surface area contributed by atoms with Gasteiger partial charge in [-0.2, -0.15) is 0 Å². The van der Waals surface area contributed by atoms with Gasteiger partial charge in [-0.05, 0) is 24.1 Å². The van der Waals surface area contributed by atoms with E-state index in [-0.39, 0.29) is 18.2 Å². The molecule has 1 aromatic rings. The number of hydrogen-bond donors (Lipinski definition) is 0. The summed E-state index contributed by atoms with van der Waals surface area (Å²) >= 11 is 6.04. The number of methoxy groups -OCH3 is 2. The molecule has 2 atom stereocenters. The van der Waals surface area contributed by atoms with Gasteiger partial charge >= 0.3 is 6.09 Å². The van der Waals surface area contributed by atoms with Crippen LogP contribution < -0.4 is 0 Å². The van der Waals surface area contributed by atoms with Crippen LogP contribution in [0.25, 0.3) is 0 Å². The van der Waals surface area contributed by atoms with E-state index < -0.39 is 0 Å². The fourth-order valence-electron chi connectivity index (χ4n) is 2.50. The fourth-order valence-corrected chi connectivity index (χ4v) is 2.61. The third kappa shape index (κ3) is 2.85. The summed E-state index contributed by atoms with van der Waals surface area (Å²) in [7, 11) is 2.99. The molecule has 4 nitrogen and oxygen atoms in total. The predicted molar refractivity (Wildman–Crippen MR) is 73.5 cm³/mol. The van der Waals surface area contributed by atoms with Crippen molar-refractivity contribution in [3.05, 3.63) is 34.3 Å². The highest BCUT2D eigenvalue weighted by molar-refractivity contribution is 6.31. The molecule has 1 heterocycles. The zero-order valence-corrected chi connectivity index (χ0v) is 12.1. The number of benzene rings is 1. The molecule has 2 rings (SSSR count). The summed E-state index contributed by atoms with van der Waals surface area (Å²) in [6.45, 7) is 2.58. The van der Waals surface area contributed by atoms with Gasteiger partial charge in [-0.15, -0.1) is 0 Å². The van der Waals surface area contributed by atoms with Crippen LogP contribution in [-0.2, 0) is 9.47 Å². The maximum absolute atomic E-state index is 11.7. The Kier molecular flexibility index (Phi) is 4.32. The van der Waals surface area contributed by atoms with E-state index >= 15 is 0 Å². The number of rotatable bonds is 2. The van der Waals surface area contributed by atoms with Crippen molar-refractivity contribution in [2.45, 2.75) is 25.5 Å². The first-order valence-corrected chi connectivity index (χ1v) is 6.58. The molecule has 0 N–H and O–H groups in total. The van der Waals surface area contributed by atoms with Crippen molar-refractivity contribution in [3.63, 3.8) is 0 Å². The van der Waals surface area contributed by atoms with Gasteiger partial charge in [0.1, 0.15) is 6.23 Å². The summed E-state index contributed by atoms with van der Waals surface area (Å²) in [5, 5.41) is 0.759. The maximum Gasteiger partial charge on any atom is 0.411 e. The summed E-state index contributed by atoms with van der Waals surface area (Å²) in [6.07, 6.45) is 0.195. The van der Waals surface area contributed by atoms with Gasteiger partial charge in [0.05, 0.1) is 7.11 Å². The van der Waals surface area contributed by atoms with Crippen molar-refractivity contribution >= 4 is 17.7 Å². The molecule has 0 radical (unpaired) electrons. The Bertz CT molecular complexity index is 478. The number of aryl methyl sites for hydroxylation is 1. The zero-order valence-electron chi connectivity index (χ0n) is 11.4. The molecule has 0 aliphatic carbocycles. The lowest BCUT2D eigenvalue weighted by molar-refractivity contribution is -0.000746. The number of carbonyl (C=O) groups excluding carboxylic acids is 1. The normalized spacial score (nSPS) is 22.6. The molecule has 1 aliphatic rings. The second kappa shape index (κ2) is 5.80. The average Bonchev–Trinajstić information content (AvgIpc) is 2.85. The monoisotopic (exact) mass is 283 g/mol. The van der Waals surface area contributed by atoms with E-state index in [0.29, 0.717) is 6.54 Å². The summed E-state index contributed by atoms with van der Waals surface area (Å²) in [4.78, 5) is 13.3. The second-order valence-electron chi connectivity index (χ2n) is 4.75. The van der Waals surface area contributed by atoms with Crippen LogP contribution in [0.5, 0.6) is 0 Å². The molecule has 2 unspecified atom stereocenters.